The number of halogens is 6. The number of carbonyl (C=O) groups excluding carboxylic acids is 1. The molecular weight excluding hydrogens is 314 g/mol. The average Bonchev–Trinajstić information content (AvgIpc) is 3.14. The highest BCUT2D eigenvalue weighted by atomic mass is 19.4. The first-order valence-electron chi connectivity index (χ1n) is 6.45. The van der Waals surface area contributed by atoms with Gasteiger partial charge in [0.25, 0.3) is 0 Å². The van der Waals surface area contributed by atoms with E-state index >= 15 is 0 Å². The SMILES string of the molecule is CCOC(=O)C1(C(F)(F)F)CC1c1ccc(C(F)(F)F)cc1. The summed E-state index contributed by atoms with van der Waals surface area (Å²) in [7, 11) is 0. The fraction of sp³-hybridized carbons (Fsp3) is 0.500. The van der Waals surface area contributed by atoms with Gasteiger partial charge in [0.1, 0.15) is 0 Å². The lowest BCUT2D eigenvalue weighted by Gasteiger charge is -2.19. The highest BCUT2D eigenvalue weighted by Gasteiger charge is 2.76. The third-order valence-corrected chi connectivity index (χ3v) is 3.75. The van der Waals surface area contributed by atoms with Crippen molar-refractivity contribution < 1.29 is 35.9 Å². The summed E-state index contributed by atoms with van der Waals surface area (Å²) < 4.78 is 81.4. The quantitative estimate of drug-likeness (QED) is 0.611. The molecule has 0 bridgehead atoms. The van der Waals surface area contributed by atoms with Gasteiger partial charge in [-0.1, -0.05) is 12.1 Å². The summed E-state index contributed by atoms with van der Waals surface area (Å²) in [6, 6.07) is 3.36. The third-order valence-electron chi connectivity index (χ3n) is 3.75. The second-order valence-corrected chi connectivity index (χ2v) is 5.07. The fourth-order valence-corrected chi connectivity index (χ4v) is 2.48. The lowest BCUT2D eigenvalue weighted by molar-refractivity contribution is -0.207. The molecule has 1 aliphatic rings. The predicted molar refractivity (Wildman–Crippen MR) is 63.9 cm³/mol. The predicted octanol–water partition coefficient (Wildman–Crippen LogP) is 4.30. The van der Waals surface area contributed by atoms with Crippen LogP contribution in [0.1, 0.15) is 30.4 Å². The Bertz CT molecular complexity index is 560. The van der Waals surface area contributed by atoms with Crippen molar-refractivity contribution in [3.05, 3.63) is 35.4 Å². The Kier molecular flexibility index (Phi) is 3.91. The van der Waals surface area contributed by atoms with Crippen molar-refractivity contribution in [2.75, 3.05) is 6.61 Å². The van der Waals surface area contributed by atoms with Crippen molar-refractivity contribution in [3.8, 4) is 0 Å². The minimum Gasteiger partial charge on any atom is -0.465 e. The molecule has 1 saturated carbocycles. The van der Waals surface area contributed by atoms with E-state index in [9.17, 15) is 31.1 Å². The first kappa shape index (κ1) is 16.6. The topological polar surface area (TPSA) is 26.3 Å². The number of esters is 1. The highest BCUT2D eigenvalue weighted by molar-refractivity contribution is 5.83. The lowest BCUT2D eigenvalue weighted by Crippen LogP contribution is -2.35. The number of hydrogen-bond acceptors (Lipinski definition) is 2. The Hall–Kier alpha value is -1.73. The summed E-state index contributed by atoms with van der Waals surface area (Å²) in [6.07, 6.45) is -9.89. The molecule has 8 heteroatoms. The fourth-order valence-electron chi connectivity index (χ4n) is 2.48. The summed E-state index contributed by atoms with van der Waals surface area (Å²) >= 11 is 0. The van der Waals surface area contributed by atoms with E-state index in [0.29, 0.717) is 12.1 Å². The van der Waals surface area contributed by atoms with E-state index in [4.69, 9.17) is 0 Å². The van der Waals surface area contributed by atoms with E-state index < -0.39 is 41.6 Å². The van der Waals surface area contributed by atoms with Crippen LogP contribution in [-0.2, 0) is 15.7 Å². The van der Waals surface area contributed by atoms with Gasteiger partial charge in [0.05, 0.1) is 12.2 Å². The molecule has 1 aromatic rings. The van der Waals surface area contributed by atoms with Gasteiger partial charge in [0.15, 0.2) is 5.41 Å². The minimum atomic E-state index is -4.81. The number of ether oxygens (including phenoxy) is 1. The van der Waals surface area contributed by atoms with Gasteiger partial charge in [-0.05, 0) is 31.0 Å². The minimum absolute atomic E-state index is 0.0402. The van der Waals surface area contributed by atoms with E-state index in [-0.39, 0.29) is 12.2 Å². The molecule has 0 aliphatic heterocycles. The largest absolute Gasteiger partial charge is 0.465 e. The Morgan fingerprint density at radius 3 is 2.14 bits per heavy atom. The lowest BCUT2D eigenvalue weighted by atomic mass is 9.97. The van der Waals surface area contributed by atoms with Crippen LogP contribution in [0.2, 0.25) is 0 Å². The van der Waals surface area contributed by atoms with Crippen LogP contribution < -0.4 is 0 Å². The third kappa shape index (κ3) is 2.66. The zero-order valence-corrected chi connectivity index (χ0v) is 11.4. The molecular formula is C14H12F6O2. The zero-order chi connectivity index (χ0) is 16.8. The van der Waals surface area contributed by atoms with Crippen molar-refractivity contribution in [1.82, 2.24) is 0 Å². The Morgan fingerprint density at radius 1 is 1.18 bits per heavy atom. The molecule has 0 saturated heterocycles. The van der Waals surface area contributed by atoms with Crippen LogP contribution in [0, 0.1) is 5.41 Å². The molecule has 122 valence electrons. The van der Waals surface area contributed by atoms with E-state index in [1.54, 1.807) is 0 Å². The van der Waals surface area contributed by atoms with Crippen LogP contribution in [0.5, 0.6) is 0 Å². The van der Waals surface area contributed by atoms with Crippen molar-refractivity contribution in [2.45, 2.75) is 31.6 Å². The molecule has 0 N–H and O–H groups in total. The Balaban J connectivity index is 2.29. The second kappa shape index (κ2) is 5.17. The molecule has 1 fully saturated rings. The van der Waals surface area contributed by atoms with Gasteiger partial charge in [0.2, 0.25) is 0 Å². The standard InChI is InChI=1S/C14H12F6O2/c1-2-22-11(21)12(14(18,19)20)7-10(12)8-3-5-9(6-4-8)13(15,16)17/h3-6,10H,2,7H2,1H3. The average molecular weight is 326 g/mol. The maximum Gasteiger partial charge on any atom is 0.416 e. The molecule has 2 atom stereocenters. The number of alkyl halides is 6. The molecule has 2 nitrogen and oxygen atoms in total. The number of carbonyl (C=O) groups is 1. The maximum absolute atomic E-state index is 13.2. The van der Waals surface area contributed by atoms with Crippen molar-refractivity contribution >= 4 is 5.97 Å². The maximum atomic E-state index is 13.2. The highest BCUT2D eigenvalue weighted by Crippen LogP contribution is 2.68. The second-order valence-electron chi connectivity index (χ2n) is 5.07. The van der Waals surface area contributed by atoms with Gasteiger partial charge in [-0.15, -0.1) is 0 Å². The summed E-state index contributed by atoms with van der Waals surface area (Å²) in [5.74, 6) is -2.60. The molecule has 2 unspecified atom stereocenters. The summed E-state index contributed by atoms with van der Waals surface area (Å²) in [5, 5.41) is 0. The van der Waals surface area contributed by atoms with Crippen molar-refractivity contribution in [2.24, 2.45) is 5.41 Å². The molecule has 0 radical (unpaired) electrons. The van der Waals surface area contributed by atoms with Crippen LogP contribution in [0.15, 0.2) is 24.3 Å². The molecule has 22 heavy (non-hydrogen) atoms. The van der Waals surface area contributed by atoms with Gasteiger partial charge < -0.3 is 4.74 Å². The number of rotatable bonds is 3. The summed E-state index contributed by atoms with van der Waals surface area (Å²) in [4.78, 5) is 11.7. The number of benzene rings is 1. The molecule has 0 aromatic heterocycles. The Morgan fingerprint density at radius 2 is 1.73 bits per heavy atom. The van der Waals surface area contributed by atoms with Crippen LogP contribution in [0.3, 0.4) is 0 Å². The smallest absolute Gasteiger partial charge is 0.416 e. The van der Waals surface area contributed by atoms with E-state index in [2.05, 4.69) is 4.74 Å². The van der Waals surface area contributed by atoms with Crippen LogP contribution in [-0.4, -0.2) is 18.8 Å². The van der Waals surface area contributed by atoms with E-state index in [0.717, 1.165) is 12.1 Å². The van der Waals surface area contributed by atoms with Crippen molar-refractivity contribution in [3.63, 3.8) is 0 Å². The summed E-state index contributed by atoms with van der Waals surface area (Å²) in [5.41, 5.74) is -3.56. The van der Waals surface area contributed by atoms with Crippen LogP contribution >= 0.6 is 0 Å². The van der Waals surface area contributed by atoms with Crippen LogP contribution in [0.4, 0.5) is 26.3 Å². The summed E-state index contributed by atoms with van der Waals surface area (Å²) in [6.45, 7) is 1.19. The van der Waals surface area contributed by atoms with Gasteiger partial charge in [-0.2, -0.15) is 26.3 Å². The van der Waals surface area contributed by atoms with Gasteiger partial charge >= 0.3 is 18.3 Å². The molecule has 0 heterocycles. The monoisotopic (exact) mass is 326 g/mol. The molecule has 0 spiro atoms. The normalized spacial score (nSPS) is 25.0. The molecule has 1 aromatic carbocycles. The molecule has 1 aliphatic carbocycles. The molecule has 0 amide bonds. The first-order chi connectivity index (χ1) is 10.0. The van der Waals surface area contributed by atoms with Gasteiger partial charge in [-0.3, -0.25) is 4.79 Å². The van der Waals surface area contributed by atoms with Crippen molar-refractivity contribution in [1.29, 1.82) is 0 Å². The zero-order valence-electron chi connectivity index (χ0n) is 11.4. The van der Waals surface area contributed by atoms with Gasteiger partial charge in [0, 0.05) is 5.92 Å². The van der Waals surface area contributed by atoms with E-state index in [1.165, 1.54) is 6.92 Å². The van der Waals surface area contributed by atoms with Crippen LogP contribution in [0.25, 0.3) is 0 Å². The Labute approximate surface area is 122 Å². The van der Waals surface area contributed by atoms with Gasteiger partial charge in [-0.25, -0.2) is 0 Å². The number of hydrogen-bond donors (Lipinski definition) is 0. The van der Waals surface area contributed by atoms with E-state index in [1.807, 2.05) is 0 Å². The molecule has 2 rings (SSSR count). The first-order valence-corrected chi connectivity index (χ1v) is 6.45.